The van der Waals surface area contributed by atoms with Crippen LogP contribution in [0.25, 0.3) is 0 Å². The number of methoxy groups -OCH3 is 1. The van der Waals surface area contributed by atoms with Crippen LogP contribution in [-0.4, -0.2) is 36.9 Å². The van der Waals surface area contributed by atoms with Crippen molar-refractivity contribution >= 4 is 5.78 Å². The molecule has 0 N–H and O–H groups in total. The molecule has 1 aromatic carbocycles. The summed E-state index contributed by atoms with van der Waals surface area (Å²) in [6, 6.07) is 7.62. The lowest BCUT2D eigenvalue weighted by atomic mass is 9.97. The minimum atomic E-state index is 0.0627. The molecule has 3 heteroatoms. The van der Waals surface area contributed by atoms with Crippen molar-refractivity contribution in [3.8, 4) is 5.75 Å². The molecule has 122 valence electrons. The Labute approximate surface area is 134 Å². The second kappa shape index (κ2) is 8.94. The van der Waals surface area contributed by atoms with Gasteiger partial charge in [0.2, 0.25) is 0 Å². The number of unbranched alkanes of at least 4 members (excludes halogenated alkanes) is 3. The number of carbonyl (C=O) groups excluding carboxylic acids is 1. The fourth-order valence-corrected chi connectivity index (χ4v) is 3.24. The predicted octanol–water partition coefficient (Wildman–Crippen LogP) is 4.31. The van der Waals surface area contributed by atoms with Crippen molar-refractivity contribution in [1.82, 2.24) is 4.90 Å². The number of hydrogen-bond acceptors (Lipinski definition) is 3. The average molecular weight is 303 g/mol. The predicted molar refractivity (Wildman–Crippen MR) is 90.7 cm³/mol. The SMILES string of the molecule is CCCCCC[C@@H](C(=O)c1ccc(OC)cc1)N1CCCC1. The summed E-state index contributed by atoms with van der Waals surface area (Å²) in [5.74, 6) is 1.08. The molecule has 1 heterocycles. The maximum absolute atomic E-state index is 12.9. The molecule has 1 aliphatic heterocycles. The molecule has 1 saturated heterocycles. The van der Waals surface area contributed by atoms with Crippen LogP contribution in [0.3, 0.4) is 0 Å². The maximum atomic E-state index is 12.9. The Bertz CT molecular complexity index is 449. The van der Waals surface area contributed by atoms with Gasteiger partial charge in [0.1, 0.15) is 5.75 Å². The first kappa shape index (κ1) is 17.0. The number of rotatable bonds is 9. The molecule has 0 radical (unpaired) electrons. The smallest absolute Gasteiger partial charge is 0.179 e. The number of likely N-dealkylation sites (tertiary alicyclic amines) is 1. The zero-order valence-corrected chi connectivity index (χ0v) is 14.0. The minimum Gasteiger partial charge on any atom is -0.497 e. The molecule has 22 heavy (non-hydrogen) atoms. The van der Waals surface area contributed by atoms with Gasteiger partial charge in [-0.3, -0.25) is 9.69 Å². The first-order valence-electron chi connectivity index (χ1n) is 8.68. The molecule has 1 aromatic rings. The van der Waals surface area contributed by atoms with Gasteiger partial charge in [0.15, 0.2) is 5.78 Å². The van der Waals surface area contributed by atoms with Crippen molar-refractivity contribution in [2.75, 3.05) is 20.2 Å². The summed E-state index contributed by atoms with van der Waals surface area (Å²) >= 11 is 0. The highest BCUT2D eigenvalue weighted by Gasteiger charge is 2.28. The summed E-state index contributed by atoms with van der Waals surface area (Å²) in [6.07, 6.45) is 8.32. The van der Waals surface area contributed by atoms with E-state index in [9.17, 15) is 4.79 Å². The third kappa shape index (κ3) is 4.57. The van der Waals surface area contributed by atoms with Crippen LogP contribution in [0.5, 0.6) is 5.75 Å². The van der Waals surface area contributed by atoms with Crippen molar-refractivity contribution in [3.05, 3.63) is 29.8 Å². The van der Waals surface area contributed by atoms with Crippen LogP contribution in [-0.2, 0) is 0 Å². The van der Waals surface area contributed by atoms with Crippen molar-refractivity contribution in [3.63, 3.8) is 0 Å². The van der Waals surface area contributed by atoms with Crippen LogP contribution in [0, 0.1) is 0 Å². The molecule has 1 aliphatic rings. The first-order valence-corrected chi connectivity index (χ1v) is 8.68. The third-order valence-corrected chi connectivity index (χ3v) is 4.59. The van der Waals surface area contributed by atoms with Gasteiger partial charge in [-0.05, 0) is 56.6 Å². The fraction of sp³-hybridized carbons (Fsp3) is 0.632. The van der Waals surface area contributed by atoms with Gasteiger partial charge in [0, 0.05) is 5.56 Å². The molecule has 0 bridgehead atoms. The van der Waals surface area contributed by atoms with Gasteiger partial charge in [-0.25, -0.2) is 0 Å². The van der Waals surface area contributed by atoms with Gasteiger partial charge < -0.3 is 4.74 Å². The van der Waals surface area contributed by atoms with E-state index < -0.39 is 0 Å². The third-order valence-electron chi connectivity index (χ3n) is 4.59. The standard InChI is InChI=1S/C19H29NO2/c1-3-4-5-6-9-18(20-14-7-8-15-20)19(21)16-10-12-17(22-2)13-11-16/h10-13,18H,3-9,14-15H2,1-2H3/t18-/m0/s1. The quantitative estimate of drug-likeness (QED) is 0.503. The summed E-state index contributed by atoms with van der Waals surface area (Å²) < 4.78 is 5.18. The number of nitrogens with zero attached hydrogens (tertiary/aromatic N) is 1. The molecule has 0 unspecified atom stereocenters. The normalized spacial score (nSPS) is 16.6. The Morgan fingerprint density at radius 2 is 1.82 bits per heavy atom. The zero-order chi connectivity index (χ0) is 15.8. The van der Waals surface area contributed by atoms with E-state index >= 15 is 0 Å². The summed E-state index contributed by atoms with van der Waals surface area (Å²) in [4.78, 5) is 15.3. The van der Waals surface area contributed by atoms with Gasteiger partial charge in [-0.15, -0.1) is 0 Å². The number of Topliss-reactive ketones (excluding diaryl/α,β-unsaturated/α-hetero) is 1. The van der Waals surface area contributed by atoms with E-state index in [1.807, 2.05) is 24.3 Å². The Morgan fingerprint density at radius 1 is 1.14 bits per heavy atom. The van der Waals surface area contributed by atoms with Crippen LogP contribution < -0.4 is 4.74 Å². The lowest BCUT2D eigenvalue weighted by Gasteiger charge is -2.26. The highest BCUT2D eigenvalue weighted by atomic mass is 16.5. The summed E-state index contributed by atoms with van der Waals surface area (Å²) in [7, 11) is 1.65. The first-order chi connectivity index (χ1) is 10.8. The molecule has 3 nitrogen and oxygen atoms in total. The van der Waals surface area contributed by atoms with Crippen LogP contribution in [0.2, 0.25) is 0 Å². The van der Waals surface area contributed by atoms with E-state index in [1.54, 1.807) is 7.11 Å². The molecule has 0 aliphatic carbocycles. The Morgan fingerprint density at radius 3 is 2.41 bits per heavy atom. The van der Waals surface area contributed by atoms with E-state index in [0.29, 0.717) is 0 Å². The fourth-order valence-electron chi connectivity index (χ4n) is 3.24. The van der Waals surface area contributed by atoms with E-state index in [1.165, 1.54) is 32.1 Å². The van der Waals surface area contributed by atoms with Crippen LogP contribution in [0.4, 0.5) is 0 Å². The zero-order valence-electron chi connectivity index (χ0n) is 14.0. The van der Waals surface area contributed by atoms with E-state index in [-0.39, 0.29) is 11.8 Å². The Hall–Kier alpha value is -1.35. The van der Waals surface area contributed by atoms with Gasteiger partial charge in [-0.1, -0.05) is 32.6 Å². The molecular weight excluding hydrogens is 274 g/mol. The summed E-state index contributed by atoms with van der Waals surface area (Å²) in [6.45, 7) is 4.36. The van der Waals surface area contributed by atoms with Crippen molar-refractivity contribution in [2.45, 2.75) is 57.9 Å². The largest absolute Gasteiger partial charge is 0.497 e. The van der Waals surface area contributed by atoms with E-state index in [0.717, 1.165) is 37.2 Å². The summed E-state index contributed by atoms with van der Waals surface area (Å²) in [5.41, 5.74) is 0.813. The number of carbonyl (C=O) groups is 1. The average Bonchev–Trinajstić information content (AvgIpc) is 3.08. The maximum Gasteiger partial charge on any atom is 0.179 e. The molecule has 1 fully saturated rings. The molecule has 0 amide bonds. The van der Waals surface area contributed by atoms with Crippen molar-refractivity contribution < 1.29 is 9.53 Å². The highest BCUT2D eigenvalue weighted by Crippen LogP contribution is 2.22. The van der Waals surface area contributed by atoms with Crippen LogP contribution in [0.1, 0.15) is 62.2 Å². The van der Waals surface area contributed by atoms with Crippen LogP contribution >= 0.6 is 0 Å². The Kier molecular flexibility index (Phi) is 6.91. The number of benzene rings is 1. The molecule has 0 aromatic heterocycles. The van der Waals surface area contributed by atoms with E-state index in [2.05, 4.69) is 11.8 Å². The topological polar surface area (TPSA) is 29.5 Å². The lowest BCUT2D eigenvalue weighted by Crippen LogP contribution is -2.39. The molecule has 0 saturated carbocycles. The summed E-state index contributed by atoms with van der Waals surface area (Å²) in [5, 5.41) is 0. The van der Waals surface area contributed by atoms with Crippen molar-refractivity contribution in [1.29, 1.82) is 0 Å². The molecular formula is C19H29NO2. The number of hydrogen-bond donors (Lipinski definition) is 0. The molecule has 2 rings (SSSR count). The van der Waals surface area contributed by atoms with E-state index in [4.69, 9.17) is 4.74 Å². The monoisotopic (exact) mass is 303 g/mol. The number of ketones is 1. The van der Waals surface area contributed by atoms with Gasteiger partial charge in [0.25, 0.3) is 0 Å². The minimum absolute atomic E-state index is 0.0627. The van der Waals surface area contributed by atoms with Gasteiger partial charge >= 0.3 is 0 Å². The molecule has 0 spiro atoms. The second-order valence-corrected chi connectivity index (χ2v) is 6.20. The van der Waals surface area contributed by atoms with Gasteiger partial charge in [-0.2, -0.15) is 0 Å². The highest BCUT2D eigenvalue weighted by molar-refractivity contribution is 6.00. The second-order valence-electron chi connectivity index (χ2n) is 6.20. The lowest BCUT2D eigenvalue weighted by molar-refractivity contribution is 0.0834. The van der Waals surface area contributed by atoms with Gasteiger partial charge in [0.05, 0.1) is 13.2 Å². The number of ether oxygens (including phenoxy) is 1. The van der Waals surface area contributed by atoms with Crippen molar-refractivity contribution in [2.24, 2.45) is 0 Å². The van der Waals surface area contributed by atoms with Crippen LogP contribution in [0.15, 0.2) is 24.3 Å². The molecule has 1 atom stereocenters. The Balaban J connectivity index is 2.03.